The molecule has 0 bridgehead atoms. The number of carbonyl (C=O) groups excluding carboxylic acids is 3. The molecule has 3 amide bonds. The largest absolute Gasteiger partial charge is 0.493 e. The lowest BCUT2D eigenvalue weighted by Crippen LogP contribution is -2.42. The highest BCUT2D eigenvalue weighted by Gasteiger charge is 2.12. The van der Waals surface area contributed by atoms with Gasteiger partial charge in [0, 0.05) is 12.1 Å². The van der Waals surface area contributed by atoms with E-state index in [2.05, 4.69) is 10.6 Å². The highest BCUT2D eigenvalue weighted by atomic mass is 16.5. The van der Waals surface area contributed by atoms with Gasteiger partial charge in [-0.2, -0.15) is 0 Å². The number of nitrogens with one attached hydrogen (secondary N) is 2. The fraction of sp³-hybridized carbons (Fsp3) is 0.438. The van der Waals surface area contributed by atoms with E-state index in [0.717, 1.165) is 0 Å². The highest BCUT2D eigenvalue weighted by Crippen LogP contribution is 2.28. The molecule has 23 heavy (non-hydrogen) atoms. The Hall–Kier alpha value is -2.57. The summed E-state index contributed by atoms with van der Waals surface area (Å²) in [5.41, 5.74) is 0.478. The molecule has 0 aliphatic carbocycles. The normalized spacial score (nSPS) is 10.1. The number of methoxy groups -OCH3 is 1. The number of carbonyl (C=O) groups is 3. The fourth-order valence-electron chi connectivity index (χ4n) is 1.65. The second-order valence-electron chi connectivity index (χ2n) is 5.36. The Morgan fingerprint density at radius 2 is 1.87 bits per heavy atom. The molecule has 0 radical (unpaired) electrons. The first-order chi connectivity index (χ1) is 10.8. The first-order valence-corrected chi connectivity index (χ1v) is 7.23. The Balaban J connectivity index is 2.55. The molecule has 0 aliphatic heterocycles. The summed E-state index contributed by atoms with van der Waals surface area (Å²) in [4.78, 5) is 34.4. The third-order valence-corrected chi connectivity index (χ3v) is 2.85. The van der Waals surface area contributed by atoms with E-state index in [4.69, 9.17) is 9.47 Å². The maximum Gasteiger partial charge on any atom is 0.321 e. The number of imide groups is 1. The van der Waals surface area contributed by atoms with Crippen LogP contribution >= 0.6 is 0 Å². The molecule has 0 heterocycles. The van der Waals surface area contributed by atoms with Crippen LogP contribution in [0, 0.1) is 5.92 Å². The summed E-state index contributed by atoms with van der Waals surface area (Å²) >= 11 is 0. The third kappa shape index (κ3) is 6.37. The average Bonchev–Trinajstić information content (AvgIpc) is 2.50. The zero-order chi connectivity index (χ0) is 17.4. The van der Waals surface area contributed by atoms with Gasteiger partial charge in [-0.15, -0.1) is 0 Å². The van der Waals surface area contributed by atoms with Crippen LogP contribution in [0.15, 0.2) is 18.2 Å². The van der Waals surface area contributed by atoms with E-state index in [-0.39, 0.29) is 18.3 Å². The number of rotatable bonds is 7. The predicted octanol–water partition coefficient (Wildman–Crippen LogP) is 1.76. The Labute approximate surface area is 135 Å². The first-order valence-electron chi connectivity index (χ1n) is 7.23. The summed E-state index contributed by atoms with van der Waals surface area (Å²) in [6.45, 7) is 5.47. The van der Waals surface area contributed by atoms with Crippen LogP contribution in [0.3, 0.4) is 0 Å². The highest BCUT2D eigenvalue weighted by molar-refractivity contribution is 5.95. The summed E-state index contributed by atoms with van der Waals surface area (Å²) < 4.78 is 10.4. The van der Waals surface area contributed by atoms with E-state index in [1.165, 1.54) is 20.1 Å². The van der Waals surface area contributed by atoms with E-state index >= 15 is 0 Å². The minimum absolute atomic E-state index is 0.102. The molecule has 0 saturated carbocycles. The summed E-state index contributed by atoms with van der Waals surface area (Å²) in [6, 6.07) is 4.09. The van der Waals surface area contributed by atoms with Gasteiger partial charge < -0.3 is 14.8 Å². The van der Waals surface area contributed by atoms with Crippen LogP contribution in [-0.2, 0) is 4.79 Å². The van der Waals surface area contributed by atoms with Crippen LogP contribution in [-0.4, -0.2) is 38.0 Å². The quantitative estimate of drug-likeness (QED) is 0.746. The molecule has 1 aromatic carbocycles. The van der Waals surface area contributed by atoms with Gasteiger partial charge in [0.15, 0.2) is 23.9 Å². The van der Waals surface area contributed by atoms with Crippen molar-refractivity contribution in [3.05, 3.63) is 23.8 Å². The predicted molar refractivity (Wildman–Crippen MR) is 84.9 cm³/mol. The third-order valence-electron chi connectivity index (χ3n) is 2.85. The van der Waals surface area contributed by atoms with E-state index in [0.29, 0.717) is 23.6 Å². The molecule has 2 N–H and O–H groups in total. The lowest BCUT2D eigenvalue weighted by Gasteiger charge is -2.12. The molecule has 0 atom stereocenters. The van der Waals surface area contributed by atoms with Crippen LogP contribution in [0.25, 0.3) is 0 Å². The molecule has 1 rings (SSSR count). The van der Waals surface area contributed by atoms with E-state index in [9.17, 15) is 14.4 Å². The molecule has 1 aromatic rings. The molecule has 0 unspecified atom stereocenters. The van der Waals surface area contributed by atoms with Gasteiger partial charge in [-0.05, 0) is 31.0 Å². The monoisotopic (exact) mass is 322 g/mol. The SMILES string of the molecule is COc1cc(C(C)=O)ccc1OCC(=O)NC(=O)NCC(C)C. The molecule has 0 fully saturated rings. The smallest absolute Gasteiger partial charge is 0.321 e. The number of ketones is 1. The zero-order valence-electron chi connectivity index (χ0n) is 13.8. The fourth-order valence-corrected chi connectivity index (χ4v) is 1.65. The molecule has 0 spiro atoms. The van der Waals surface area contributed by atoms with Crippen LogP contribution < -0.4 is 20.1 Å². The van der Waals surface area contributed by atoms with Gasteiger partial charge in [0.2, 0.25) is 0 Å². The van der Waals surface area contributed by atoms with Crippen LogP contribution in [0.5, 0.6) is 11.5 Å². The van der Waals surface area contributed by atoms with Crippen molar-refractivity contribution in [2.75, 3.05) is 20.3 Å². The van der Waals surface area contributed by atoms with Crippen LogP contribution in [0.1, 0.15) is 31.1 Å². The molecule has 7 heteroatoms. The van der Waals surface area contributed by atoms with Crippen molar-refractivity contribution in [3.63, 3.8) is 0 Å². The van der Waals surface area contributed by atoms with Crippen molar-refractivity contribution in [3.8, 4) is 11.5 Å². The first kappa shape index (κ1) is 18.5. The molecule has 0 saturated heterocycles. The van der Waals surface area contributed by atoms with Crippen molar-refractivity contribution in [2.45, 2.75) is 20.8 Å². The van der Waals surface area contributed by atoms with Gasteiger partial charge in [0.1, 0.15) is 0 Å². The van der Waals surface area contributed by atoms with Crippen LogP contribution in [0.2, 0.25) is 0 Å². The van der Waals surface area contributed by atoms with Gasteiger partial charge >= 0.3 is 6.03 Å². The van der Waals surface area contributed by atoms with Gasteiger partial charge in [0.25, 0.3) is 5.91 Å². The summed E-state index contributed by atoms with van der Waals surface area (Å²) in [5, 5.41) is 4.73. The molecular weight excluding hydrogens is 300 g/mol. The van der Waals surface area contributed by atoms with E-state index in [1.54, 1.807) is 12.1 Å². The molecule has 126 valence electrons. The van der Waals surface area contributed by atoms with Gasteiger partial charge in [0.05, 0.1) is 7.11 Å². The van der Waals surface area contributed by atoms with Crippen molar-refractivity contribution < 1.29 is 23.9 Å². The maximum atomic E-state index is 11.7. The van der Waals surface area contributed by atoms with Crippen molar-refractivity contribution >= 4 is 17.7 Å². The Morgan fingerprint density at radius 1 is 1.17 bits per heavy atom. The van der Waals surface area contributed by atoms with E-state index in [1.807, 2.05) is 13.8 Å². The molecule has 0 aliphatic rings. The summed E-state index contributed by atoms with van der Waals surface area (Å²) in [7, 11) is 1.44. The minimum atomic E-state index is -0.580. The van der Waals surface area contributed by atoms with Crippen molar-refractivity contribution in [1.82, 2.24) is 10.6 Å². The Kier molecular flexibility index (Phi) is 7.05. The Bertz CT molecular complexity index is 584. The van der Waals surface area contributed by atoms with Crippen molar-refractivity contribution in [1.29, 1.82) is 0 Å². The van der Waals surface area contributed by atoms with Gasteiger partial charge in [-0.25, -0.2) is 4.79 Å². The van der Waals surface area contributed by atoms with Crippen LogP contribution in [0.4, 0.5) is 4.79 Å². The lowest BCUT2D eigenvalue weighted by molar-refractivity contribution is -0.122. The molecule has 0 aromatic heterocycles. The average molecular weight is 322 g/mol. The second kappa shape index (κ2) is 8.77. The molecule has 7 nitrogen and oxygen atoms in total. The topological polar surface area (TPSA) is 93.7 Å². The number of amides is 3. The number of urea groups is 1. The lowest BCUT2D eigenvalue weighted by atomic mass is 10.1. The minimum Gasteiger partial charge on any atom is -0.493 e. The van der Waals surface area contributed by atoms with Gasteiger partial charge in [-0.3, -0.25) is 14.9 Å². The van der Waals surface area contributed by atoms with Gasteiger partial charge in [-0.1, -0.05) is 13.8 Å². The van der Waals surface area contributed by atoms with Crippen molar-refractivity contribution in [2.24, 2.45) is 5.92 Å². The second-order valence-corrected chi connectivity index (χ2v) is 5.36. The Morgan fingerprint density at radius 3 is 2.43 bits per heavy atom. The zero-order valence-corrected chi connectivity index (χ0v) is 13.8. The number of Topliss-reactive ketones (excluding diaryl/α,β-unsaturated/α-hetero) is 1. The van der Waals surface area contributed by atoms with E-state index < -0.39 is 11.9 Å². The number of hydrogen-bond acceptors (Lipinski definition) is 5. The number of ether oxygens (including phenoxy) is 2. The summed E-state index contributed by atoms with van der Waals surface area (Å²) in [6.07, 6.45) is 0. The number of benzene rings is 1. The summed E-state index contributed by atoms with van der Waals surface area (Å²) in [5.74, 6) is 0.263. The molecular formula is C16H22N2O5. The number of hydrogen-bond donors (Lipinski definition) is 2. The maximum absolute atomic E-state index is 11.7. The standard InChI is InChI=1S/C16H22N2O5/c1-10(2)8-17-16(21)18-15(20)9-23-13-6-5-12(11(3)19)7-14(13)22-4/h5-7,10H,8-9H2,1-4H3,(H2,17,18,20,21).